The number of fused-ring (bicyclic) bond motifs is 1. The second kappa shape index (κ2) is 4.65. The normalized spacial score (nSPS) is 16.5. The Labute approximate surface area is 111 Å². The predicted molar refractivity (Wildman–Crippen MR) is 73.2 cm³/mol. The van der Waals surface area contributed by atoms with Gasteiger partial charge in [0.25, 0.3) is 0 Å². The molecule has 0 bridgehead atoms. The molecule has 19 heavy (non-hydrogen) atoms. The van der Waals surface area contributed by atoms with E-state index in [0.29, 0.717) is 25.0 Å². The van der Waals surface area contributed by atoms with E-state index in [0.717, 1.165) is 24.1 Å². The van der Waals surface area contributed by atoms with Crippen molar-refractivity contribution in [1.29, 1.82) is 0 Å². The van der Waals surface area contributed by atoms with E-state index < -0.39 is 0 Å². The van der Waals surface area contributed by atoms with Crippen LogP contribution in [0.5, 0.6) is 0 Å². The molecular formula is C12H18N6O. The fraction of sp³-hybridized carbons (Fsp3) is 0.583. The molecule has 0 aromatic carbocycles. The van der Waals surface area contributed by atoms with Gasteiger partial charge in [-0.1, -0.05) is 0 Å². The van der Waals surface area contributed by atoms with Gasteiger partial charge in [-0.15, -0.1) is 0 Å². The number of nitrogen functional groups attached to an aromatic ring is 1. The Kier molecular flexibility index (Phi) is 2.98. The molecule has 0 aliphatic carbocycles. The lowest BCUT2D eigenvalue weighted by Gasteiger charge is -2.26. The zero-order valence-electron chi connectivity index (χ0n) is 11.2. The van der Waals surface area contributed by atoms with Crippen LogP contribution in [0.3, 0.4) is 0 Å². The third-order valence-electron chi connectivity index (χ3n) is 3.25. The molecule has 7 nitrogen and oxygen atoms in total. The first-order valence-electron chi connectivity index (χ1n) is 6.50. The maximum atomic E-state index is 6.01. The lowest BCUT2D eigenvalue weighted by atomic mass is 10.3. The van der Waals surface area contributed by atoms with Gasteiger partial charge in [-0.3, -0.25) is 0 Å². The molecule has 0 spiro atoms. The van der Waals surface area contributed by atoms with Crippen LogP contribution in [0.4, 0.5) is 11.8 Å². The first kappa shape index (κ1) is 12.2. The smallest absolute Gasteiger partial charge is 0.229 e. The van der Waals surface area contributed by atoms with Crippen LogP contribution < -0.4 is 10.6 Å². The number of nitrogens with zero attached hydrogens (tertiary/aromatic N) is 5. The van der Waals surface area contributed by atoms with Gasteiger partial charge >= 0.3 is 0 Å². The second-order valence-electron chi connectivity index (χ2n) is 4.93. The molecule has 0 atom stereocenters. The van der Waals surface area contributed by atoms with E-state index >= 15 is 0 Å². The van der Waals surface area contributed by atoms with Crippen molar-refractivity contribution in [2.45, 2.75) is 19.9 Å². The maximum Gasteiger partial charge on any atom is 0.229 e. The molecule has 1 saturated heterocycles. The zero-order chi connectivity index (χ0) is 13.4. The third kappa shape index (κ3) is 2.10. The number of morpholine rings is 1. The summed E-state index contributed by atoms with van der Waals surface area (Å²) in [7, 11) is 0. The maximum absolute atomic E-state index is 6.01. The summed E-state index contributed by atoms with van der Waals surface area (Å²) in [5, 5.41) is 5.14. The Morgan fingerprint density at radius 3 is 2.68 bits per heavy atom. The van der Waals surface area contributed by atoms with Crippen molar-refractivity contribution in [3.63, 3.8) is 0 Å². The first-order chi connectivity index (χ1) is 9.16. The molecule has 2 aromatic heterocycles. The topological polar surface area (TPSA) is 82.1 Å². The van der Waals surface area contributed by atoms with Gasteiger partial charge in [0.1, 0.15) is 5.82 Å². The second-order valence-corrected chi connectivity index (χ2v) is 4.93. The number of ether oxygens (including phenoxy) is 1. The lowest BCUT2D eigenvalue weighted by Crippen LogP contribution is -2.37. The van der Waals surface area contributed by atoms with Gasteiger partial charge in [0.2, 0.25) is 5.95 Å². The molecule has 102 valence electrons. The van der Waals surface area contributed by atoms with E-state index in [1.807, 2.05) is 4.68 Å². The lowest BCUT2D eigenvalue weighted by molar-refractivity contribution is 0.122. The first-order valence-corrected chi connectivity index (χ1v) is 6.50. The fourth-order valence-corrected chi connectivity index (χ4v) is 2.22. The number of hydrogen-bond acceptors (Lipinski definition) is 6. The van der Waals surface area contributed by atoms with Crippen LogP contribution in [0.2, 0.25) is 0 Å². The Morgan fingerprint density at radius 2 is 2.00 bits per heavy atom. The monoisotopic (exact) mass is 262 g/mol. The van der Waals surface area contributed by atoms with E-state index in [9.17, 15) is 0 Å². The summed E-state index contributed by atoms with van der Waals surface area (Å²) in [6, 6.07) is 0.240. The SMILES string of the molecule is CC(C)n1ncc2c(N)nc(N3CCOCC3)nc21. The molecule has 0 saturated carbocycles. The Bertz CT molecular complexity index is 587. The third-order valence-corrected chi connectivity index (χ3v) is 3.25. The van der Waals surface area contributed by atoms with Crippen LogP contribution in [0, 0.1) is 0 Å². The number of aromatic nitrogens is 4. The van der Waals surface area contributed by atoms with Crippen molar-refractivity contribution < 1.29 is 4.74 Å². The van der Waals surface area contributed by atoms with Gasteiger partial charge in [0.05, 0.1) is 24.8 Å². The molecule has 7 heteroatoms. The summed E-state index contributed by atoms with van der Waals surface area (Å²) >= 11 is 0. The highest BCUT2D eigenvalue weighted by Crippen LogP contribution is 2.23. The highest BCUT2D eigenvalue weighted by Gasteiger charge is 2.18. The van der Waals surface area contributed by atoms with Crippen molar-refractivity contribution in [3.05, 3.63) is 6.20 Å². The van der Waals surface area contributed by atoms with Crippen LogP contribution in [0.1, 0.15) is 19.9 Å². The van der Waals surface area contributed by atoms with E-state index in [4.69, 9.17) is 10.5 Å². The quantitative estimate of drug-likeness (QED) is 0.863. The van der Waals surface area contributed by atoms with Crippen LogP contribution >= 0.6 is 0 Å². The Balaban J connectivity index is 2.08. The van der Waals surface area contributed by atoms with E-state index in [-0.39, 0.29) is 6.04 Å². The minimum absolute atomic E-state index is 0.240. The van der Waals surface area contributed by atoms with Crippen molar-refractivity contribution in [2.75, 3.05) is 36.9 Å². The van der Waals surface area contributed by atoms with Crippen molar-refractivity contribution in [1.82, 2.24) is 19.7 Å². The Morgan fingerprint density at radius 1 is 1.26 bits per heavy atom. The van der Waals surface area contributed by atoms with Crippen molar-refractivity contribution >= 4 is 22.8 Å². The molecule has 0 amide bonds. The van der Waals surface area contributed by atoms with Gasteiger partial charge in [0.15, 0.2) is 5.65 Å². The standard InChI is InChI=1S/C12H18N6O/c1-8(2)18-11-9(7-14-18)10(13)15-12(16-11)17-3-5-19-6-4-17/h7-8H,3-6H2,1-2H3,(H2,13,15,16). The summed E-state index contributed by atoms with van der Waals surface area (Å²) < 4.78 is 7.21. The van der Waals surface area contributed by atoms with Crippen LogP contribution in [-0.2, 0) is 4.74 Å². The number of rotatable bonds is 2. The summed E-state index contributed by atoms with van der Waals surface area (Å²) in [5.41, 5.74) is 6.81. The van der Waals surface area contributed by atoms with Crippen LogP contribution in [-0.4, -0.2) is 46.1 Å². The molecule has 1 fully saturated rings. The summed E-state index contributed by atoms with van der Waals surface area (Å²) in [4.78, 5) is 11.1. The van der Waals surface area contributed by atoms with Crippen molar-refractivity contribution in [2.24, 2.45) is 0 Å². The Hall–Kier alpha value is -1.89. The summed E-state index contributed by atoms with van der Waals surface area (Å²) in [6.45, 7) is 7.12. The largest absolute Gasteiger partial charge is 0.383 e. The molecule has 3 heterocycles. The van der Waals surface area contributed by atoms with Gasteiger partial charge in [-0.05, 0) is 13.8 Å². The average molecular weight is 262 g/mol. The van der Waals surface area contributed by atoms with Gasteiger partial charge in [0, 0.05) is 19.1 Å². The molecule has 2 N–H and O–H groups in total. The minimum atomic E-state index is 0.240. The highest BCUT2D eigenvalue weighted by atomic mass is 16.5. The molecular weight excluding hydrogens is 244 g/mol. The minimum Gasteiger partial charge on any atom is -0.383 e. The molecule has 2 aromatic rings. The number of anilines is 2. The van der Waals surface area contributed by atoms with Gasteiger partial charge in [-0.2, -0.15) is 15.1 Å². The molecule has 0 radical (unpaired) electrons. The summed E-state index contributed by atoms with van der Waals surface area (Å²) in [6.07, 6.45) is 1.73. The van der Waals surface area contributed by atoms with E-state index in [1.54, 1.807) is 6.20 Å². The van der Waals surface area contributed by atoms with Crippen LogP contribution in [0.25, 0.3) is 11.0 Å². The fourth-order valence-electron chi connectivity index (χ4n) is 2.22. The van der Waals surface area contributed by atoms with E-state index in [1.165, 1.54) is 0 Å². The molecule has 3 rings (SSSR count). The number of nitrogens with two attached hydrogens (primary N) is 1. The summed E-state index contributed by atoms with van der Waals surface area (Å²) in [5.74, 6) is 1.15. The van der Waals surface area contributed by atoms with Gasteiger partial charge in [-0.25, -0.2) is 4.68 Å². The molecule has 1 aliphatic heterocycles. The van der Waals surface area contributed by atoms with Crippen LogP contribution in [0.15, 0.2) is 6.20 Å². The van der Waals surface area contributed by atoms with Crippen molar-refractivity contribution in [3.8, 4) is 0 Å². The number of hydrogen-bond donors (Lipinski definition) is 1. The average Bonchev–Trinajstić information content (AvgIpc) is 2.84. The molecule has 1 aliphatic rings. The zero-order valence-corrected chi connectivity index (χ0v) is 11.2. The van der Waals surface area contributed by atoms with Gasteiger partial charge < -0.3 is 15.4 Å². The highest BCUT2D eigenvalue weighted by molar-refractivity contribution is 5.86. The molecule has 0 unspecified atom stereocenters. The van der Waals surface area contributed by atoms with E-state index in [2.05, 4.69) is 33.8 Å². The predicted octanol–water partition coefficient (Wildman–Crippen LogP) is 0.826.